The fourth-order valence-corrected chi connectivity index (χ4v) is 2.52. The van der Waals surface area contributed by atoms with Crippen LogP contribution in [0.2, 0.25) is 0 Å². The third-order valence-corrected chi connectivity index (χ3v) is 3.57. The minimum atomic E-state index is -0.545. The van der Waals surface area contributed by atoms with E-state index in [0.29, 0.717) is 13.1 Å². The van der Waals surface area contributed by atoms with Crippen molar-refractivity contribution >= 4 is 5.91 Å². The summed E-state index contributed by atoms with van der Waals surface area (Å²) in [5.41, 5.74) is 5.75. The lowest BCUT2D eigenvalue weighted by Gasteiger charge is -2.35. The van der Waals surface area contributed by atoms with Crippen LogP contribution >= 0.6 is 0 Å². The average molecular weight is 268 g/mol. The van der Waals surface area contributed by atoms with Crippen molar-refractivity contribution in [2.24, 2.45) is 5.73 Å². The van der Waals surface area contributed by atoms with E-state index < -0.39 is 11.6 Å². The summed E-state index contributed by atoms with van der Waals surface area (Å²) in [6.45, 7) is 1.06. The van der Waals surface area contributed by atoms with Gasteiger partial charge in [0.2, 0.25) is 5.91 Å². The van der Waals surface area contributed by atoms with E-state index in [-0.39, 0.29) is 23.9 Å². The zero-order chi connectivity index (χ0) is 13.8. The monoisotopic (exact) mass is 268 g/mol. The Morgan fingerprint density at radius 3 is 2.89 bits per heavy atom. The Morgan fingerprint density at radius 2 is 2.16 bits per heavy atom. The number of nitrogens with two attached hydrogens (primary N) is 1. The molecule has 0 bridgehead atoms. The number of carbonyl (C=O) groups is 1. The van der Waals surface area contributed by atoms with Crippen LogP contribution in [0.5, 0.6) is 0 Å². The maximum Gasteiger partial charge on any atom is 0.227 e. The molecule has 104 valence electrons. The van der Waals surface area contributed by atoms with Crippen LogP contribution in [0, 0.1) is 11.6 Å². The highest BCUT2D eigenvalue weighted by Crippen LogP contribution is 2.18. The van der Waals surface area contributed by atoms with Gasteiger partial charge in [0.05, 0.1) is 6.42 Å². The van der Waals surface area contributed by atoms with Gasteiger partial charge in [0, 0.05) is 24.7 Å². The molecule has 0 spiro atoms. The van der Waals surface area contributed by atoms with Crippen LogP contribution in [0.3, 0.4) is 0 Å². The SMILES string of the molecule is NC[C@@H]1CCCCN1C(=O)Cc1cc(F)ccc1F. The van der Waals surface area contributed by atoms with Crippen LogP contribution < -0.4 is 5.73 Å². The standard InChI is InChI=1S/C14H18F2N2O/c15-11-4-5-13(16)10(7-11)8-14(19)18-6-2-1-3-12(18)9-17/h4-5,7,12H,1-3,6,8-9,17H2/t12-/m0/s1. The van der Waals surface area contributed by atoms with Crippen LogP contribution in [-0.4, -0.2) is 29.9 Å². The summed E-state index contributed by atoms with van der Waals surface area (Å²) in [6.07, 6.45) is 2.77. The number of nitrogens with zero attached hydrogens (tertiary/aromatic N) is 1. The molecule has 2 rings (SSSR count). The van der Waals surface area contributed by atoms with Crippen molar-refractivity contribution in [3.05, 3.63) is 35.4 Å². The molecule has 1 fully saturated rings. The predicted octanol–water partition coefficient (Wildman–Crippen LogP) is 1.85. The molecule has 1 saturated heterocycles. The molecule has 3 nitrogen and oxygen atoms in total. The van der Waals surface area contributed by atoms with Gasteiger partial charge in [-0.1, -0.05) is 0 Å². The Kier molecular flexibility index (Phi) is 4.47. The molecular formula is C14H18F2N2O. The van der Waals surface area contributed by atoms with Gasteiger partial charge in [0.1, 0.15) is 11.6 Å². The topological polar surface area (TPSA) is 46.3 Å². The fraction of sp³-hybridized carbons (Fsp3) is 0.500. The number of halogens is 2. The summed E-state index contributed by atoms with van der Waals surface area (Å²) in [5.74, 6) is -1.26. The molecule has 0 saturated carbocycles. The van der Waals surface area contributed by atoms with Crippen LogP contribution in [0.15, 0.2) is 18.2 Å². The predicted molar refractivity (Wildman–Crippen MR) is 68.5 cm³/mol. The van der Waals surface area contributed by atoms with Crippen LogP contribution in [0.1, 0.15) is 24.8 Å². The van der Waals surface area contributed by atoms with Crippen LogP contribution in [0.25, 0.3) is 0 Å². The number of amides is 1. The van der Waals surface area contributed by atoms with E-state index in [4.69, 9.17) is 5.73 Å². The highest BCUT2D eigenvalue weighted by molar-refractivity contribution is 5.79. The van der Waals surface area contributed by atoms with Gasteiger partial charge in [-0.2, -0.15) is 0 Å². The smallest absolute Gasteiger partial charge is 0.227 e. The quantitative estimate of drug-likeness (QED) is 0.909. The molecule has 1 aliphatic heterocycles. The molecular weight excluding hydrogens is 250 g/mol. The first-order valence-corrected chi connectivity index (χ1v) is 6.55. The van der Waals surface area contributed by atoms with Crippen LogP contribution in [-0.2, 0) is 11.2 Å². The molecule has 0 radical (unpaired) electrons. The van der Waals surface area contributed by atoms with E-state index in [1.165, 1.54) is 0 Å². The van der Waals surface area contributed by atoms with Crippen molar-refractivity contribution in [2.75, 3.05) is 13.1 Å². The van der Waals surface area contributed by atoms with Gasteiger partial charge in [-0.15, -0.1) is 0 Å². The Hall–Kier alpha value is -1.49. The number of likely N-dealkylation sites (tertiary alicyclic amines) is 1. The molecule has 1 aliphatic rings. The number of rotatable bonds is 3. The van der Waals surface area contributed by atoms with Gasteiger partial charge in [-0.25, -0.2) is 8.78 Å². The van der Waals surface area contributed by atoms with Crippen LogP contribution in [0.4, 0.5) is 8.78 Å². The molecule has 5 heteroatoms. The minimum absolute atomic E-state index is 0.0258. The number of carbonyl (C=O) groups excluding carboxylic acids is 1. The lowest BCUT2D eigenvalue weighted by molar-refractivity contribution is -0.133. The zero-order valence-electron chi connectivity index (χ0n) is 10.7. The maximum absolute atomic E-state index is 13.5. The van der Waals surface area contributed by atoms with E-state index in [0.717, 1.165) is 37.5 Å². The van der Waals surface area contributed by atoms with Gasteiger partial charge < -0.3 is 10.6 Å². The highest BCUT2D eigenvalue weighted by atomic mass is 19.1. The van der Waals surface area contributed by atoms with Gasteiger partial charge in [0.15, 0.2) is 0 Å². The fourth-order valence-electron chi connectivity index (χ4n) is 2.52. The highest BCUT2D eigenvalue weighted by Gasteiger charge is 2.26. The Labute approximate surface area is 111 Å². The summed E-state index contributed by atoms with van der Waals surface area (Å²) >= 11 is 0. The summed E-state index contributed by atoms with van der Waals surface area (Å²) < 4.78 is 26.6. The Morgan fingerprint density at radius 1 is 1.37 bits per heavy atom. The Bertz CT molecular complexity index is 465. The van der Waals surface area contributed by atoms with Crippen molar-refractivity contribution in [1.29, 1.82) is 0 Å². The summed E-state index contributed by atoms with van der Waals surface area (Å²) in [4.78, 5) is 13.9. The second-order valence-corrected chi connectivity index (χ2v) is 4.88. The molecule has 1 aromatic rings. The first-order valence-electron chi connectivity index (χ1n) is 6.55. The summed E-state index contributed by atoms with van der Waals surface area (Å²) in [5, 5.41) is 0. The lowest BCUT2D eigenvalue weighted by atomic mass is 10.0. The van der Waals surface area contributed by atoms with Gasteiger partial charge >= 0.3 is 0 Å². The van der Waals surface area contributed by atoms with Crippen molar-refractivity contribution in [3.8, 4) is 0 Å². The average Bonchev–Trinajstić information content (AvgIpc) is 2.42. The third-order valence-electron chi connectivity index (χ3n) is 3.57. The largest absolute Gasteiger partial charge is 0.338 e. The zero-order valence-corrected chi connectivity index (χ0v) is 10.7. The normalized spacial score (nSPS) is 19.5. The third kappa shape index (κ3) is 3.29. The molecule has 0 unspecified atom stereocenters. The molecule has 1 aromatic carbocycles. The number of piperidine rings is 1. The molecule has 1 amide bonds. The Balaban J connectivity index is 2.09. The molecule has 0 aromatic heterocycles. The molecule has 1 atom stereocenters. The maximum atomic E-state index is 13.5. The number of benzene rings is 1. The van der Waals surface area contributed by atoms with E-state index in [1.807, 2.05) is 0 Å². The minimum Gasteiger partial charge on any atom is -0.338 e. The van der Waals surface area contributed by atoms with E-state index >= 15 is 0 Å². The second kappa shape index (κ2) is 6.10. The first-order chi connectivity index (χ1) is 9.11. The first kappa shape index (κ1) is 13.9. The lowest BCUT2D eigenvalue weighted by Crippen LogP contribution is -2.48. The van der Waals surface area contributed by atoms with Crippen molar-refractivity contribution < 1.29 is 13.6 Å². The van der Waals surface area contributed by atoms with Crippen molar-refractivity contribution in [1.82, 2.24) is 4.90 Å². The molecule has 0 aliphatic carbocycles. The second-order valence-electron chi connectivity index (χ2n) is 4.88. The molecule has 1 heterocycles. The van der Waals surface area contributed by atoms with Gasteiger partial charge in [-0.3, -0.25) is 4.79 Å². The van der Waals surface area contributed by atoms with E-state index in [9.17, 15) is 13.6 Å². The van der Waals surface area contributed by atoms with E-state index in [1.54, 1.807) is 4.90 Å². The molecule has 19 heavy (non-hydrogen) atoms. The van der Waals surface area contributed by atoms with Crippen molar-refractivity contribution in [3.63, 3.8) is 0 Å². The van der Waals surface area contributed by atoms with Gasteiger partial charge in [-0.05, 0) is 37.5 Å². The van der Waals surface area contributed by atoms with Gasteiger partial charge in [0.25, 0.3) is 0 Å². The summed E-state index contributed by atoms with van der Waals surface area (Å²) in [6, 6.07) is 3.20. The van der Waals surface area contributed by atoms with E-state index in [2.05, 4.69) is 0 Å². The molecule has 2 N–H and O–H groups in total. The summed E-state index contributed by atoms with van der Waals surface area (Å²) in [7, 11) is 0. The number of hydrogen-bond donors (Lipinski definition) is 1. The van der Waals surface area contributed by atoms with Crippen molar-refractivity contribution in [2.45, 2.75) is 31.7 Å². The number of hydrogen-bond acceptors (Lipinski definition) is 2.